The zero-order valence-electron chi connectivity index (χ0n) is 11.6. The Kier molecular flexibility index (Phi) is 4.00. The number of aromatic nitrogens is 2. The van der Waals surface area contributed by atoms with Gasteiger partial charge in [-0.15, -0.1) is 0 Å². The highest BCUT2D eigenvalue weighted by molar-refractivity contribution is 5.79. The van der Waals surface area contributed by atoms with E-state index in [2.05, 4.69) is 10.4 Å². The van der Waals surface area contributed by atoms with Crippen LogP contribution in [0.4, 0.5) is 0 Å². The van der Waals surface area contributed by atoms with Crippen LogP contribution in [0, 0.1) is 13.8 Å². The molecule has 1 amide bonds. The molecule has 0 fully saturated rings. The number of likely N-dealkylation sites (N-methyl/N-ethyl adjacent to an activating group) is 1. The Morgan fingerprint density at radius 2 is 1.95 bits per heavy atom. The zero-order chi connectivity index (χ0) is 13.8. The number of benzene rings is 1. The van der Waals surface area contributed by atoms with Crippen molar-refractivity contribution < 1.29 is 4.79 Å². The lowest BCUT2D eigenvalue weighted by Crippen LogP contribution is -2.24. The van der Waals surface area contributed by atoms with Gasteiger partial charge in [0.05, 0.1) is 17.8 Å². The predicted molar refractivity (Wildman–Crippen MR) is 75.4 cm³/mol. The SMILES string of the molecule is CCNC(=O)Cc1c(C)nn(-c2ccccc2)c1C. The molecule has 0 radical (unpaired) electrons. The number of nitrogens with one attached hydrogen (secondary N) is 1. The summed E-state index contributed by atoms with van der Waals surface area (Å²) in [5.74, 6) is 0.0429. The molecule has 1 N–H and O–H groups in total. The maximum absolute atomic E-state index is 11.7. The van der Waals surface area contributed by atoms with Crippen molar-refractivity contribution in [3.63, 3.8) is 0 Å². The zero-order valence-corrected chi connectivity index (χ0v) is 11.6. The number of carbonyl (C=O) groups excluding carboxylic acids is 1. The lowest BCUT2D eigenvalue weighted by molar-refractivity contribution is -0.120. The van der Waals surface area contributed by atoms with E-state index in [0.29, 0.717) is 13.0 Å². The average Bonchev–Trinajstić information content (AvgIpc) is 2.68. The van der Waals surface area contributed by atoms with E-state index in [1.54, 1.807) is 0 Å². The van der Waals surface area contributed by atoms with Crippen LogP contribution in [-0.4, -0.2) is 22.2 Å². The van der Waals surface area contributed by atoms with Crippen molar-refractivity contribution >= 4 is 5.91 Å². The average molecular weight is 257 g/mol. The van der Waals surface area contributed by atoms with Crippen LogP contribution in [0.5, 0.6) is 0 Å². The van der Waals surface area contributed by atoms with E-state index >= 15 is 0 Å². The molecule has 0 bridgehead atoms. The van der Waals surface area contributed by atoms with Crippen molar-refractivity contribution in [2.24, 2.45) is 0 Å². The van der Waals surface area contributed by atoms with E-state index in [4.69, 9.17) is 0 Å². The highest BCUT2D eigenvalue weighted by Crippen LogP contribution is 2.18. The second-order valence-corrected chi connectivity index (χ2v) is 4.53. The van der Waals surface area contributed by atoms with E-state index in [9.17, 15) is 4.79 Å². The first-order chi connectivity index (χ1) is 9.13. The minimum absolute atomic E-state index is 0.0429. The maximum atomic E-state index is 11.7. The van der Waals surface area contributed by atoms with Gasteiger partial charge in [-0.1, -0.05) is 18.2 Å². The quantitative estimate of drug-likeness (QED) is 0.912. The van der Waals surface area contributed by atoms with Gasteiger partial charge in [-0.25, -0.2) is 4.68 Å². The molecule has 0 aliphatic heterocycles. The molecule has 0 saturated carbocycles. The van der Waals surface area contributed by atoms with Crippen LogP contribution in [0.15, 0.2) is 30.3 Å². The molecule has 0 aliphatic rings. The first-order valence-electron chi connectivity index (χ1n) is 6.50. The summed E-state index contributed by atoms with van der Waals surface area (Å²) >= 11 is 0. The fourth-order valence-corrected chi connectivity index (χ4v) is 2.17. The molecular formula is C15H19N3O. The molecule has 19 heavy (non-hydrogen) atoms. The third-order valence-corrected chi connectivity index (χ3v) is 3.15. The van der Waals surface area contributed by atoms with Crippen molar-refractivity contribution in [1.29, 1.82) is 0 Å². The van der Waals surface area contributed by atoms with Gasteiger partial charge in [-0.3, -0.25) is 4.79 Å². The van der Waals surface area contributed by atoms with E-state index in [1.807, 2.05) is 55.8 Å². The molecule has 4 nitrogen and oxygen atoms in total. The van der Waals surface area contributed by atoms with Gasteiger partial charge >= 0.3 is 0 Å². The highest BCUT2D eigenvalue weighted by atomic mass is 16.1. The summed E-state index contributed by atoms with van der Waals surface area (Å²) in [5, 5.41) is 7.35. The number of amides is 1. The Balaban J connectivity index is 2.33. The molecule has 1 heterocycles. The molecular weight excluding hydrogens is 238 g/mol. The fourth-order valence-electron chi connectivity index (χ4n) is 2.17. The van der Waals surface area contributed by atoms with Gasteiger partial charge in [0.1, 0.15) is 0 Å². The minimum Gasteiger partial charge on any atom is -0.356 e. The van der Waals surface area contributed by atoms with Crippen molar-refractivity contribution in [2.75, 3.05) is 6.54 Å². The Hall–Kier alpha value is -2.10. The van der Waals surface area contributed by atoms with Gasteiger partial charge in [0.2, 0.25) is 5.91 Å². The van der Waals surface area contributed by atoms with Gasteiger partial charge in [-0.05, 0) is 32.9 Å². The Morgan fingerprint density at radius 3 is 2.58 bits per heavy atom. The smallest absolute Gasteiger partial charge is 0.224 e. The number of nitrogens with zero attached hydrogens (tertiary/aromatic N) is 2. The van der Waals surface area contributed by atoms with E-state index < -0.39 is 0 Å². The molecule has 1 aromatic heterocycles. The van der Waals surface area contributed by atoms with Crippen molar-refractivity contribution in [2.45, 2.75) is 27.2 Å². The first kappa shape index (κ1) is 13.3. The third-order valence-electron chi connectivity index (χ3n) is 3.15. The number of hydrogen-bond donors (Lipinski definition) is 1. The van der Waals surface area contributed by atoms with Crippen LogP contribution in [0.3, 0.4) is 0 Å². The predicted octanol–water partition coefficient (Wildman–Crippen LogP) is 2.17. The lowest BCUT2D eigenvalue weighted by Gasteiger charge is -2.05. The Labute approximate surface area is 113 Å². The Morgan fingerprint density at radius 1 is 1.26 bits per heavy atom. The second kappa shape index (κ2) is 5.69. The van der Waals surface area contributed by atoms with Gasteiger partial charge < -0.3 is 5.32 Å². The van der Waals surface area contributed by atoms with Crippen LogP contribution in [0.1, 0.15) is 23.9 Å². The van der Waals surface area contributed by atoms with Crippen LogP contribution in [0.25, 0.3) is 5.69 Å². The molecule has 2 aromatic rings. The number of hydrogen-bond acceptors (Lipinski definition) is 2. The van der Waals surface area contributed by atoms with Crippen LogP contribution in [-0.2, 0) is 11.2 Å². The molecule has 1 aromatic carbocycles. The lowest BCUT2D eigenvalue weighted by atomic mass is 10.1. The summed E-state index contributed by atoms with van der Waals surface area (Å²) in [6, 6.07) is 9.96. The monoisotopic (exact) mass is 257 g/mol. The van der Waals surface area contributed by atoms with Crippen molar-refractivity contribution in [3.05, 3.63) is 47.3 Å². The number of carbonyl (C=O) groups is 1. The van der Waals surface area contributed by atoms with Crippen molar-refractivity contribution in [1.82, 2.24) is 15.1 Å². The summed E-state index contributed by atoms with van der Waals surface area (Å²) in [6.45, 7) is 6.53. The first-order valence-corrected chi connectivity index (χ1v) is 6.50. The van der Waals surface area contributed by atoms with Crippen LogP contribution >= 0.6 is 0 Å². The molecule has 2 rings (SSSR count). The molecule has 100 valence electrons. The highest BCUT2D eigenvalue weighted by Gasteiger charge is 2.15. The number of para-hydroxylation sites is 1. The van der Waals surface area contributed by atoms with Gasteiger partial charge in [-0.2, -0.15) is 5.10 Å². The van der Waals surface area contributed by atoms with E-state index in [-0.39, 0.29) is 5.91 Å². The second-order valence-electron chi connectivity index (χ2n) is 4.53. The number of rotatable bonds is 4. The van der Waals surface area contributed by atoms with Crippen LogP contribution < -0.4 is 5.32 Å². The van der Waals surface area contributed by atoms with Crippen molar-refractivity contribution in [3.8, 4) is 5.69 Å². The summed E-state index contributed by atoms with van der Waals surface area (Å²) in [5.41, 5.74) is 3.96. The molecule has 0 aliphatic carbocycles. The maximum Gasteiger partial charge on any atom is 0.224 e. The van der Waals surface area contributed by atoms with Gasteiger partial charge in [0.15, 0.2) is 0 Å². The molecule has 4 heteroatoms. The molecule has 0 atom stereocenters. The summed E-state index contributed by atoms with van der Waals surface area (Å²) in [6.07, 6.45) is 0.387. The van der Waals surface area contributed by atoms with Crippen LogP contribution in [0.2, 0.25) is 0 Å². The molecule has 0 spiro atoms. The van der Waals surface area contributed by atoms with Gasteiger partial charge in [0.25, 0.3) is 0 Å². The standard InChI is InChI=1S/C15H19N3O/c1-4-16-15(19)10-14-11(2)17-18(12(14)3)13-8-6-5-7-9-13/h5-9H,4,10H2,1-3H3,(H,16,19). The number of aryl methyl sites for hydroxylation is 1. The van der Waals surface area contributed by atoms with E-state index in [1.165, 1.54) is 0 Å². The summed E-state index contributed by atoms with van der Waals surface area (Å²) in [4.78, 5) is 11.7. The minimum atomic E-state index is 0.0429. The largest absolute Gasteiger partial charge is 0.356 e. The Bertz CT molecular complexity index is 573. The molecule has 0 unspecified atom stereocenters. The summed E-state index contributed by atoms with van der Waals surface area (Å²) in [7, 11) is 0. The van der Waals surface area contributed by atoms with Gasteiger partial charge in [0, 0.05) is 17.8 Å². The molecule has 0 saturated heterocycles. The topological polar surface area (TPSA) is 46.9 Å². The summed E-state index contributed by atoms with van der Waals surface area (Å²) < 4.78 is 1.89. The fraction of sp³-hybridized carbons (Fsp3) is 0.333. The van der Waals surface area contributed by atoms with E-state index in [0.717, 1.165) is 22.6 Å². The normalized spacial score (nSPS) is 10.5. The third kappa shape index (κ3) is 2.84.